The SMILES string of the molecule is Cc1ccc(C23CC2CN(C(=O)O)C3)cc1Cl. The van der Waals surface area contributed by atoms with Crippen molar-refractivity contribution in [1.82, 2.24) is 4.90 Å². The van der Waals surface area contributed by atoms with Gasteiger partial charge in [-0.2, -0.15) is 0 Å². The molecular weight excluding hydrogens is 238 g/mol. The molecule has 2 aliphatic rings. The van der Waals surface area contributed by atoms with Crippen LogP contribution in [0.5, 0.6) is 0 Å². The van der Waals surface area contributed by atoms with Crippen LogP contribution in [0.3, 0.4) is 0 Å². The Labute approximate surface area is 105 Å². The van der Waals surface area contributed by atoms with E-state index in [1.54, 1.807) is 0 Å². The average Bonchev–Trinajstić information content (AvgIpc) is 2.85. The van der Waals surface area contributed by atoms with Crippen LogP contribution in [0.4, 0.5) is 4.79 Å². The Morgan fingerprint density at radius 2 is 2.35 bits per heavy atom. The Morgan fingerprint density at radius 3 is 2.94 bits per heavy atom. The zero-order chi connectivity index (χ0) is 12.2. The second-order valence-corrected chi connectivity index (χ2v) is 5.59. The third-order valence-corrected chi connectivity index (χ3v) is 4.57. The first-order valence-corrected chi connectivity index (χ1v) is 6.15. The van der Waals surface area contributed by atoms with Crippen molar-refractivity contribution >= 4 is 17.7 Å². The molecule has 1 saturated heterocycles. The summed E-state index contributed by atoms with van der Waals surface area (Å²) in [6.07, 6.45) is 0.283. The molecule has 1 saturated carbocycles. The van der Waals surface area contributed by atoms with E-state index >= 15 is 0 Å². The highest BCUT2D eigenvalue weighted by atomic mass is 35.5. The van der Waals surface area contributed by atoms with Crippen LogP contribution in [0.15, 0.2) is 18.2 Å². The van der Waals surface area contributed by atoms with Crippen molar-refractivity contribution in [2.45, 2.75) is 18.8 Å². The molecule has 1 aliphatic heterocycles. The lowest BCUT2D eigenvalue weighted by molar-refractivity contribution is 0.150. The maximum absolute atomic E-state index is 11.0. The molecule has 1 aromatic carbocycles. The summed E-state index contributed by atoms with van der Waals surface area (Å²) in [6.45, 7) is 3.26. The normalized spacial score (nSPS) is 30.2. The van der Waals surface area contributed by atoms with Gasteiger partial charge in [-0.3, -0.25) is 0 Å². The summed E-state index contributed by atoms with van der Waals surface area (Å²) in [5, 5.41) is 9.79. The smallest absolute Gasteiger partial charge is 0.407 e. The number of nitrogens with zero attached hydrogens (tertiary/aromatic N) is 1. The number of likely N-dealkylation sites (tertiary alicyclic amines) is 1. The van der Waals surface area contributed by atoms with Crippen molar-refractivity contribution in [1.29, 1.82) is 0 Å². The van der Waals surface area contributed by atoms with E-state index in [0.717, 1.165) is 17.0 Å². The first kappa shape index (κ1) is 10.9. The molecule has 3 rings (SSSR count). The Bertz CT molecular complexity index is 502. The molecular formula is C13H14ClNO2. The second-order valence-electron chi connectivity index (χ2n) is 5.18. The monoisotopic (exact) mass is 251 g/mol. The van der Waals surface area contributed by atoms with Crippen molar-refractivity contribution in [3.05, 3.63) is 34.3 Å². The van der Waals surface area contributed by atoms with Gasteiger partial charge in [-0.25, -0.2) is 4.79 Å². The molecule has 0 aromatic heterocycles. The lowest BCUT2D eigenvalue weighted by Crippen LogP contribution is -2.31. The molecule has 90 valence electrons. The van der Waals surface area contributed by atoms with Crippen LogP contribution < -0.4 is 0 Å². The summed E-state index contributed by atoms with van der Waals surface area (Å²) in [7, 11) is 0. The van der Waals surface area contributed by atoms with Crippen molar-refractivity contribution in [2.75, 3.05) is 13.1 Å². The quantitative estimate of drug-likeness (QED) is 0.834. The minimum Gasteiger partial charge on any atom is -0.465 e. The van der Waals surface area contributed by atoms with Gasteiger partial charge in [0.2, 0.25) is 0 Å². The molecule has 2 atom stereocenters. The van der Waals surface area contributed by atoms with E-state index in [4.69, 9.17) is 16.7 Å². The largest absolute Gasteiger partial charge is 0.465 e. The van der Waals surface area contributed by atoms with Crippen molar-refractivity contribution < 1.29 is 9.90 Å². The molecule has 1 N–H and O–H groups in total. The summed E-state index contributed by atoms with van der Waals surface area (Å²) in [5.74, 6) is 0.484. The zero-order valence-corrected chi connectivity index (χ0v) is 10.4. The van der Waals surface area contributed by atoms with Gasteiger partial charge in [-0.1, -0.05) is 23.7 Å². The molecule has 1 aliphatic carbocycles. The second kappa shape index (κ2) is 3.39. The lowest BCUT2D eigenvalue weighted by Gasteiger charge is -2.18. The summed E-state index contributed by atoms with van der Waals surface area (Å²) >= 11 is 6.14. The van der Waals surface area contributed by atoms with Crippen LogP contribution >= 0.6 is 11.6 Å². The summed E-state index contributed by atoms with van der Waals surface area (Å²) in [5.41, 5.74) is 2.31. The number of hydrogen-bond acceptors (Lipinski definition) is 1. The molecule has 0 bridgehead atoms. The van der Waals surface area contributed by atoms with Crippen molar-refractivity contribution in [2.24, 2.45) is 5.92 Å². The standard InChI is InChI=1S/C13H14ClNO2/c1-8-2-3-9(4-11(8)14)13-5-10(13)6-15(7-13)12(16)17/h2-4,10H,5-7H2,1H3,(H,16,17). The maximum Gasteiger partial charge on any atom is 0.407 e. The van der Waals surface area contributed by atoms with E-state index in [1.165, 1.54) is 10.5 Å². The van der Waals surface area contributed by atoms with Crippen LogP contribution in [-0.2, 0) is 5.41 Å². The highest BCUT2D eigenvalue weighted by Gasteiger charge is 2.61. The Kier molecular flexibility index (Phi) is 2.17. The van der Waals surface area contributed by atoms with E-state index < -0.39 is 6.09 Å². The number of amides is 1. The van der Waals surface area contributed by atoms with Gasteiger partial charge in [0.1, 0.15) is 0 Å². The van der Waals surface area contributed by atoms with Gasteiger partial charge < -0.3 is 10.0 Å². The lowest BCUT2D eigenvalue weighted by atomic mass is 9.94. The number of hydrogen-bond donors (Lipinski definition) is 1. The molecule has 1 heterocycles. The average molecular weight is 252 g/mol. The Balaban J connectivity index is 1.91. The summed E-state index contributed by atoms with van der Waals surface area (Å²) < 4.78 is 0. The van der Waals surface area contributed by atoms with Gasteiger partial charge >= 0.3 is 6.09 Å². The molecule has 1 amide bonds. The minimum atomic E-state index is -0.810. The van der Waals surface area contributed by atoms with Crippen molar-refractivity contribution in [3.8, 4) is 0 Å². The fourth-order valence-corrected chi connectivity index (χ4v) is 3.16. The number of carboxylic acid groups (broad SMARTS) is 1. The maximum atomic E-state index is 11.0. The highest BCUT2D eigenvalue weighted by molar-refractivity contribution is 6.31. The van der Waals surface area contributed by atoms with Gasteiger partial charge in [-0.15, -0.1) is 0 Å². The van der Waals surface area contributed by atoms with Crippen LogP contribution in [0.1, 0.15) is 17.5 Å². The number of aryl methyl sites for hydroxylation is 1. The summed E-state index contributed by atoms with van der Waals surface area (Å²) in [4.78, 5) is 12.5. The first-order valence-electron chi connectivity index (χ1n) is 5.77. The van der Waals surface area contributed by atoms with Crippen LogP contribution in [-0.4, -0.2) is 29.2 Å². The third-order valence-electron chi connectivity index (χ3n) is 4.16. The Hall–Kier alpha value is -1.22. The van der Waals surface area contributed by atoms with Crippen molar-refractivity contribution in [3.63, 3.8) is 0 Å². The van der Waals surface area contributed by atoms with E-state index in [2.05, 4.69) is 6.07 Å². The first-order chi connectivity index (χ1) is 8.03. The van der Waals surface area contributed by atoms with Gasteiger partial charge in [0.15, 0.2) is 0 Å². The molecule has 2 unspecified atom stereocenters. The predicted molar refractivity (Wildman–Crippen MR) is 65.6 cm³/mol. The van der Waals surface area contributed by atoms with Gasteiger partial charge in [0.25, 0.3) is 0 Å². The molecule has 1 aromatic rings. The van der Waals surface area contributed by atoms with Gasteiger partial charge in [0.05, 0.1) is 0 Å². The van der Waals surface area contributed by atoms with E-state index in [-0.39, 0.29) is 5.41 Å². The van der Waals surface area contributed by atoms with Gasteiger partial charge in [-0.05, 0) is 36.5 Å². The van der Waals surface area contributed by atoms with Crippen LogP contribution in [0.25, 0.3) is 0 Å². The number of carbonyl (C=O) groups is 1. The number of benzene rings is 1. The number of halogens is 1. The van der Waals surface area contributed by atoms with E-state index in [9.17, 15) is 4.79 Å². The zero-order valence-electron chi connectivity index (χ0n) is 9.61. The predicted octanol–water partition coefficient (Wildman–Crippen LogP) is 2.90. The molecule has 0 spiro atoms. The molecule has 17 heavy (non-hydrogen) atoms. The summed E-state index contributed by atoms with van der Waals surface area (Å²) in [6, 6.07) is 6.11. The van der Waals surface area contributed by atoms with Crippen LogP contribution in [0, 0.1) is 12.8 Å². The molecule has 3 nitrogen and oxygen atoms in total. The molecule has 4 heteroatoms. The Morgan fingerprint density at radius 1 is 1.59 bits per heavy atom. The molecule has 2 fully saturated rings. The van der Waals surface area contributed by atoms with Crippen LogP contribution in [0.2, 0.25) is 5.02 Å². The topological polar surface area (TPSA) is 40.5 Å². The van der Waals surface area contributed by atoms with Gasteiger partial charge in [0, 0.05) is 23.5 Å². The number of fused-ring (bicyclic) bond motifs is 1. The number of rotatable bonds is 1. The highest BCUT2D eigenvalue weighted by Crippen LogP contribution is 2.59. The molecule has 0 radical (unpaired) electrons. The van der Waals surface area contributed by atoms with E-state index in [0.29, 0.717) is 19.0 Å². The number of piperidine rings is 1. The fraction of sp³-hybridized carbons (Fsp3) is 0.462. The minimum absolute atomic E-state index is 0.0513. The third kappa shape index (κ3) is 1.53. The fourth-order valence-electron chi connectivity index (χ4n) is 2.98. The van der Waals surface area contributed by atoms with E-state index in [1.807, 2.05) is 19.1 Å².